The van der Waals surface area contributed by atoms with Crippen molar-refractivity contribution >= 4 is 16.9 Å². The van der Waals surface area contributed by atoms with Crippen LogP contribution in [0.4, 0.5) is 0 Å². The van der Waals surface area contributed by atoms with Crippen molar-refractivity contribution in [2.75, 3.05) is 0 Å². The summed E-state index contributed by atoms with van der Waals surface area (Å²) in [5.41, 5.74) is 4.00. The topological polar surface area (TPSA) is 68.8 Å². The van der Waals surface area contributed by atoms with E-state index in [1.807, 2.05) is 42.5 Å². The normalized spacial score (nSPS) is 10.4. The van der Waals surface area contributed by atoms with Crippen LogP contribution in [0.25, 0.3) is 22.3 Å². The molecule has 0 unspecified atom stereocenters. The summed E-state index contributed by atoms with van der Waals surface area (Å²) in [5, 5.41) is 11.7. The fourth-order valence-electron chi connectivity index (χ4n) is 2.60. The van der Waals surface area contributed by atoms with Crippen molar-refractivity contribution in [3.8, 4) is 11.4 Å². The first-order valence-corrected chi connectivity index (χ1v) is 6.96. The number of aryl methyl sites for hydroxylation is 1. The number of carbonyl (C=O) groups is 1. The zero-order valence-electron chi connectivity index (χ0n) is 12.5. The minimum atomic E-state index is -1.01. The van der Waals surface area contributed by atoms with Gasteiger partial charge in [0.1, 0.15) is 0 Å². The van der Waals surface area contributed by atoms with Crippen molar-refractivity contribution in [3.63, 3.8) is 0 Å². The number of para-hydroxylation sites is 1. The third-order valence-electron chi connectivity index (χ3n) is 3.54. The molecule has 0 spiro atoms. The van der Waals surface area contributed by atoms with Gasteiger partial charge in [0, 0.05) is 23.1 Å². The van der Waals surface area contributed by atoms with Crippen LogP contribution < -0.4 is 56.5 Å². The van der Waals surface area contributed by atoms with Gasteiger partial charge in [-0.05, 0) is 43.0 Å². The molecule has 1 aromatic carbocycles. The van der Waals surface area contributed by atoms with Crippen LogP contribution in [0.15, 0.2) is 48.7 Å². The molecule has 0 amide bonds. The average Bonchev–Trinajstić information content (AvgIpc) is 2.87. The number of rotatable bonds is 5. The van der Waals surface area contributed by atoms with Gasteiger partial charge in [-0.25, -0.2) is 0 Å². The number of fused-ring (bicyclic) bond motifs is 1. The fourth-order valence-corrected chi connectivity index (χ4v) is 2.60. The molecule has 22 heavy (non-hydrogen) atoms. The Balaban J connectivity index is 0.00000176. The maximum Gasteiger partial charge on any atom is 1.00 e. The second kappa shape index (κ2) is 8.03. The number of hydrogen-bond acceptors (Lipinski definition) is 3. The van der Waals surface area contributed by atoms with E-state index >= 15 is 0 Å². The third kappa shape index (κ3) is 3.85. The first-order valence-electron chi connectivity index (χ1n) is 6.96. The van der Waals surface area contributed by atoms with Gasteiger partial charge in [-0.2, -0.15) is 0 Å². The summed E-state index contributed by atoms with van der Waals surface area (Å²) in [4.78, 5) is 18.4. The molecule has 4 nitrogen and oxygen atoms in total. The summed E-state index contributed by atoms with van der Waals surface area (Å²) in [6.45, 7) is 0. The van der Waals surface area contributed by atoms with E-state index in [1.54, 1.807) is 6.20 Å². The predicted octanol–water partition coefficient (Wildman–Crippen LogP) is -0.693. The Morgan fingerprint density at radius 1 is 1.14 bits per heavy atom. The molecule has 0 aliphatic rings. The van der Waals surface area contributed by atoms with Gasteiger partial charge in [-0.1, -0.05) is 24.3 Å². The van der Waals surface area contributed by atoms with E-state index in [9.17, 15) is 9.90 Å². The van der Waals surface area contributed by atoms with E-state index in [4.69, 9.17) is 0 Å². The maximum atomic E-state index is 10.6. The Morgan fingerprint density at radius 3 is 2.64 bits per heavy atom. The van der Waals surface area contributed by atoms with E-state index in [2.05, 4.69) is 9.97 Å². The molecule has 2 aromatic heterocycles. The van der Waals surface area contributed by atoms with E-state index in [-0.39, 0.29) is 57.8 Å². The molecule has 0 fully saturated rings. The van der Waals surface area contributed by atoms with Crippen LogP contribution >= 0.6 is 0 Å². The zero-order chi connectivity index (χ0) is 14.7. The molecule has 3 rings (SSSR count). The summed E-state index contributed by atoms with van der Waals surface area (Å²) >= 11 is 0. The monoisotopic (exact) mass is 318 g/mol. The van der Waals surface area contributed by atoms with Crippen molar-refractivity contribution in [1.82, 2.24) is 9.97 Å². The fraction of sp³-hybridized carbons (Fsp3) is 0.176. The summed E-state index contributed by atoms with van der Waals surface area (Å²) in [6, 6.07) is 13.8. The van der Waals surface area contributed by atoms with Gasteiger partial charge in [-0.15, -0.1) is 0 Å². The first-order chi connectivity index (χ1) is 10.3. The number of carboxylic acid groups (broad SMARTS) is 1. The molecule has 2 heterocycles. The molecular formula is C17H15KN2O2. The Bertz CT molecular complexity index is 769. The predicted molar refractivity (Wildman–Crippen MR) is 79.5 cm³/mol. The Hall–Kier alpha value is -0.984. The summed E-state index contributed by atoms with van der Waals surface area (Å²) < 4.78 is 0. The number of aromatic amines is 1. The number of hydrogen-bond donors (Lipinski definition) is 1. The summed E-state index contributed by atoms with van der Waals surface area (Å²) in [5.74, 6) is -1.01. The number of carboxylic acids is 1. The molecule has 0 aliphatic carbocycles. The van der Waals surface area contributed by atoms with Crippen LogP contribution in [-0.2, 0) is 11.2 Å². The van der Waals surface area contributed by atoms with E-state index < -0.39 is 5.97 Å². The van der Waals surface area contributed by atoms with E-state index in [1.165, 1.54) is 0 Å². The first kappa shape index (κ1) is 17.4. The number of aliphatic carboxylic acids is 1. The molecule has 5 heteroatoms. The molecule has 0 atom stereocenters. The number of nitrogens with one attached hydrogen (secondary N) is 1. The van der Waals surface area contributed by atoms with Crippen molar-refractivity contribution in [1.29, 1.82) is 0 Å². The Kier molecular flexibility index (Phi) is 6.34. The minimum Gasteiger partial charge on any atom is -0.550 e. The van der Waals surface area contributed by atoms with Gasteiger partial charge in [0.15, 0.2) is 0 Å². The SMILES string of the molecule is O=C([O-])CCCc1c(-c2ccccn2)[nH]c2ccccc12.[K+]. The number of carbonyl (C=O) groups excluding carboxylic acids is 1. The minimum absolute atomic E-state index is 0. The Labute approximate surface area is 171 Å². The molecular weight excluding hydrogens is 303 g/mol. The average molecular weight is 318 g/mol. The standard InChI is InChI=1S/C17H16N2O2.K/c20-16(21)10-5-7-13-12-6-1-2-8-14(12)19-17(13)15-9-3-4-11-18-15;/h1-4,6,8-9,11,19H,5,7,10H2,(H,20,21);/q;+1/p-1. The number of pyridine rings is 1. The number of nitrogens with zero attached hydrogens (tertiary/aromatic N) is 1. The molecule has 1 N–H and O–H groups in total. The Morgan fingerprint density at radius 2 is 1.91 bits per heavy atom. The van der Waals surface area contributed by atoms with Crippen LogP contribution in [0.3, 0.4) is 0 Å². The van der Waals surface area contributed by atoms with Gasteiger partial charge in [0.05, 0.1) is 11.4 Å². The van der Waals surface area contributed by atoms with Gasteiger partial charge in [0.2, 0.25) is 0 Å². The van der Waals surface area contributed by atoms with Crippen molar-refractivity contribution in [3.05, 3.63) is 54.2 Å². The zero-order valence-corrected chi connectivity index (χ0v) is 15.6. The summed E-state index contributed by atoms with van der Waals surface area (Å²) in [6.07, 6.45) is 3.07. The van der Waals surface area contributed by atoms with Gasteiger partial charge >= 0.3 is 51.4 Å². The molecule has 3 aromatic rings. The quantitative estimate of drug-likeness (QED) is 0.633. The number of H-pyrrole nitrogens is 1. The molecule has 0 aliphatic heterocycles. The van der Waals surface area contributed by atoms with Gasteiger partial charge < -0.3 is 14.9 Å². The van der Waals surface area contributed by atoms with Crippen LogP contribution in [0, 0.1) is 0 Å². The van der Waals surface area contributed by atoms with Gasteiger partial charge in [0.25, 0.3) is 0 Å². The van der Waals surface area contributed by atoms with Gasteiger partial charge in [-0.3, -0.25) is 4.98 Å². The molecule has 106 valence electrons. The number of aromatic nitrogens is 2. The van der Waals surface area contributed by atoms with Crippen LogP contribution in [-0.4, -0.2) is 15.9 Å². The van der Waals surface area contributed by atoms with Crippen molar-refractivity contribution < 1.29 is 61.3 Å². The maximum absolute atomic E-state index is 10.6. The number of benzene rings is 1. The van der Waals surface area contributed by atoms with Crippen LogP contribution in [0.5, 0.6) is 0 Å². The van der Waals surface area contributed by atoms with Crippen LogP contribution in [0.1, 0.15) is 18.4 Å². The second-order valence-electron chi connectivity index (χ2n) is 4.96. The molecule has 0 saturated carbocycles. The summed E-state index contributed by atoms with van der Waals surface area (Å²) in [7, 11) is 0. The molecule has 0 bridgehead atoms. The largest absolute Gasteiger partial charge is 1.00 e. The van der Waals surface area contributed by atoms with E-state index in [0.717, 1.165) is 27.9 Å². The molecule has 0 saturated heterocycles. The van der Waals surface area contributed by atoms with Crippen LogP contribution in [0.2, 0.25) is 0 Å². The molecule has 0 radical (unpaired) electrons. The smallest absolute Gasteiger partial charge is 0.550 e. The van der Waals surface area contributed by atoms with E-state index in [0.29, 0.717) is 12.8 Å². The second-order valence-corrected chi connectivity index (χ2v) is 4.96. The van der Waals surface area contributed by atoms with Crippen molar-refractivity contribution in [2.45, 2.75) is 19.3 Å². The van der Waals surface area contributed by atoms with Crippen molar-refractivity contribution in [2.24, 2.45) is 0 Å². The third-order valence-corrected chi connectivity index (χ3v) is 3.54.